The topological polar surface area (TPSA) is 6.48 Å². The summed E-state index contributed by atoms with van der Waals surface area (Å²) in [4.78, 5) is 4.96. The maximum Gasteiger partial charge on any atom is 0.0110 e. The average Bonchev–Trinajstić information content (AvgIpc) is 2.33. The van der Waals surface area contributed by atoms with Crippen molar-refractivity contribution in [1.29, 1.82) is 0 Å². The second kappa shape index (κ2) is 6.02. The van der Waals surface area contributed by atoms with E-state index >= 15 is 0 Å². The Labute approximate surface area is 98.9 Å². The van der Waals surface area contributed by atoms with Gasteiger partial charge in [-0.3, -0.25) is 0 Å². The molecule has 0 unspecified atom stereocenters. The van der Waals surface area contributed by atoms with E-state index in [2.05, 4.69) is 53.6 Å². The molecule has 0 spiro atoms. The minimum Gasteiger partial charge on any atom is -0.304 e. The largest absolute Gasteiger partial charge is 0.304 e. The van der Waals surface area contributed by atoms with Crippen molar-refractivity contribution in [3.8, 4) is 0 Å². The Kier molecular flexibility index (Phi) is 4.37. The molecule has 0 N–H and O–H groups in total. The standard InChI is InChI=1S/C14H21N2/c1-15-10-12-16(13-11-15)9-5-8-14-6-3-2-4-7-14/h2-4,6-8H,5,9-13H2,1H3. The first kappa shape index (κ1) is 11.6. The van der Waals surface area contributed by atoms with Gasteiger partial charge in [-0.15, -0.1) is 0 Å². The van der Waals surface area contributed by atoms with Crippen LogP contribution < -0.4 is 0 Å². The Morgan fingerprint density at radius 3 is 2.44 bits per heavy atom. The van der Waals surface area contributed by atoms with Crippen LogP contribution in [0.15, 0.2) is 30.3 Å². The Bertz CT molecular complexity index is 289. The molecule has 2 nitrogen and oxygen atoms in total. The lowest BCUT2D eigenvalue weighted by Crippen LogP contribution is -2.44. The number of hydrogen-bond donors (Lipinski definition) is 0. The van der Waals surface area contributed by atoms with Crippen molar-refractivity contribution in [1.82, 2.24) is 9.80 Å². The Balaban J connectivity index is 1.65. The van der Waals surface area contributed by atoms with E-state index in [-0.39, 0.29) is 0 Å². The van der Waals surface area contributed by atoms with Crippen LogP contribution >= 0.6 is 0 Å². The summed E-state index contributed by atoms with van der Waals surface area (Å²) >= 11 is 0. The van der Waals surface area contributed by atoms with Crippen LogP contribution in [-0.2, 0) is 0 Å². The third kappa shape index (κ3) is 3.62. The maximum absolute atomic E-state index is 2.56. The fourth-order valence-electron chi connectivity index (χ4n) is 2.07. The lowest BCUT2D eigenvalue weighted by Gasteiger charge is -2.32. The summed E-state index contributed by atoms with van der Waals surface area (Å²) in [6.45, 7) is 6.07. The third-order valence-electron chi connectivity index (χ3n) is 3.22. The molecule has 0 atom stereocenters. The zero-order valence-corrected chi connectivity index (χ0v) is 10.1. The van der Waals surface area contributed by atoms with Crippen molar-refractivity contribution in [2.24, 2.45) is 0 Å². The quantitative estimate of drug-likeness (QED) is 0.760. The number of likely N-dealkylation sites (N-methyl/N-ethyl adjacent to an activating group) is 1. The number of nitrogens with zero attached hydrogens (tertiary/aromatic N) is 2. The van der Waals surface area contributed by atoms with Gasteiger partial charge in [-0.25, -0.2) is 0 Å². The molecular weight excluding hydrogens is 196 g/mol. The molecule has 0 saturated carbocycles. The molecule has 0 bridgehead atoms. The molecule has 1 fully saturated rings. The Morgan fingerprint density at radius 2 is 1.75 bits per heavy atom. The molecule has 87 valence electrons. The molecule has 0 amide bonds. The smallest absolute Gasteiger partial charge is 0.0110 e. The van der Waals surface area contributed by atoms with Crippen LogP contribution in [0.25, 0.3) is 0 Å². The van der Waals surface area contributed by atoms with Gasteiger partial charge < -0.3 is 9.80 Å². The molecular formula is C14H21N2. The van der Waals surface area contributed by atoms with Gasteiger partial charge in [0.2, 0.25) is 0 Å². The average molecular weight is 217 g/mol. The van der Waals surface area contributed by atoms with E-state index in [4.69, 9.17) is 0 Å². The van der Waals surface area contributed by atoms with Crippen LogP contribution in [0.1, 0.15) is 12.0 Å². The van der Waals surface area contributed by atoms with Gasteiger partial charge in [-0.05, 0) is 32.0 Å². The molecule has 1 heterocycles. The van der Waals surface area contributed by atoms with E-state index in [0.717, 1.165) is 6.42 Å². The summed E-state index contributed by atoms with van der Waals surface area (Å²) in [6, 6.07) is 10.6. The highest BCUT2D eigenvalue weighted by Gasteiger charge is 2.12. The summed E-state index contributed by atoms with van der Waals surface area (Å²) in [5.74, 6) is 0. The van der Waals surface area contributed by atoms with Gasteiger partial charge in [0.1, 0.15) is 0 Å². The number of hydrogen-bond acceptors (Lipinski definition) is 2. The van der Waals surface area contributed by atoms with Crippen LogP contribution in [0.5, 0.6) is 0 Å². The van der Waals surface area contributed by atoms with Crippen LogP contribution in [-0.4, -0.2) is 49.6 Å². The molecule has 1 aromatic rings. The van der Waals surface area contributed by atoms with Crippen LogP contribution in [0.4, 0.5) is 0 Å². The van der Waals surface area contributed by atoms with Gasteiger partial charge in [-0.1, -0.05) is 30.3 Å². The minimum atomic E-state index is 1.16. The molecule has 1 aromatic carbocycles. The molecule has 2 heteroatoms. The fourth-order valence-corrected chi connectivity index (χ4v) is 2.07. The first-order valence-corrected chi connectivity index (χ1v) is 6.14. The van der Waals surface area contributed by atoms with Gasteiger partial charge in [0.15, 0.2) is 0 Å². The van der Waals surface area contributed by atoms with E-state index in [1.807, 2.05) is 0 Å². The number of rotatable bonds is 4. The summed E-state index contributed by atoms with van der Waals surface area (Å²) in [5, 5.41) is 0. The molecule has 16 heavy (non-hydrogen) atoms. The van der Waals surface area contributed by atoms with E-state index in [0.29, 0.717) is 0 Å². The van der Waals surface area contributed by atoms with Gasteiger partial charge >= 0.3 is 0 Å². The zero-order chi connectivity index (χ0) is 11.2. The highest BCUT2D eigenvalue weighted by atomic mass is 15.2. The lowest BCUT2D eigenvalue weighted by molar-refractivity contribution is 0.155. The van der Waals surface area contributed by atoms with Crippen molar-refractivity contribution in [3.63, 3.8) is 0 Å². The van der Waals surface area contributed by atoms with Crippen LogP contribution in [0, 0.1) is 6.42 Å². The molecule has 0 aromatic heterocycles. The van der Waals surface area contributed by atoms with Crippen LogP contribution in [0.2, 0.25) is 0 Å². The van der Waals surface area contributed by atoms with Crippen LogP contribution in [0.3, 0.4) is 0 Å². The summed E-state index contributed by atoms with van der Waals surface area (Å²) in [5.41, 5.74) is 1.34. The molecule has 1 saturated heterocycles. The predicted octanol–water partition coefficient (Wildman–Crippen LogP) is 1.88. The van der Waals surface area contributed by atoms with E-state index in [1.165, 1.54) is 38.3 Å². The first-order valence-electron chi connectivity index (χ1n) is 6.14. The molecule has 1 aliphatic heterocycles. The van der Waals surface area contributed by atoms with Gasteiger partial charge in [0.25, 0.3) is 0 Å². The molecule has 0 aliphatic carbocycles. The Morgan fingerprint density at radius 1 is 1.06 bits per heavy atom. The predicted molar refractivity (Wildman–Crippen MR) is 68.4 cm³/mol. The molecule has 2 rings (SSSR count). The van der Waals surface area contributed by atoms with Gasteiger partial charge in [0, 0.05) is 26.2 Å². The summed E-state index contributed by atoms with van der Waals surface area (Å²) in [6.07, 6.45) is 3.49. The first-order chi connectivity index (χ1) is 7.84. The van der Waals surface area contributed by atoms with Crippen molar-refractivity contribution in [2.45, 2.75) is 6.42 Å². The fraction of sp³-hybridized carbons (Fsp3) is 0.500. The van der Waals surface area contributed by atoms with Gasteiger partial charge in [-0.2, -0.15) is 0 Å². The van der Waals surface area contributed by atoms with Crippen molar-refractivity contribution >= 4 is 0 Å². The second-order valence-electron chi connectivity index (χ2n) is 4.55. The van der Waals surface area contributed by atoms with Crippen molar-refractivity contribution in [3.05, 3.63) is 42.3 Å². The SMILES string of the molecule is CN1CCN(CC[CH]c2ccccc2)CC1. The highest BCUT2D eigenvalue weighted by Crippen LogP contribution is 2.07. The van der Waals surface area contributed by atoms with E-state index < -0.39 is 0 Å². The van der Waals surface area contributed by atoms with E-state index in [1.54, 1.807) is 0 Å². The molecule has 1 aliphatic rings. The highest BCUT2D eigenvalue weighted by molar-refractivity contribution is 5.22. The number of benzene rings is 1. The van der Waals surface area contributed by atoms with Gasteiger partial charge in [0.05, 0.1) is 0 Å². The van der Waals surface area contributed by atoms with Crippen molar-refractivity contribution in [2.75, 3.05) is 39.8 Å². The minimum absolute atomic E-state index is 1.16. The summed E-state index contributed by atoms with van der Waals surface area (Å²) < 4.78 is 0. The maximum atomic E-state index is 2.56. The molecule has 1 radical (unpaired) electrons. The normalized spacial score (nSPS) is 18.8. The van der Waals surface area contributed by atoms with E-state index in [9.17, 15) is 0 Å². The second-order valence-corrected chi connectivity index (χ2v) is 4.55. The van der Waals surface area contributed by atoms with Crippen molar-refractivity contribution < 1.29 is 0 Å². The Hall–Kier alpha value is -0.860. The monoisotopic (exact) mass is 217 g/mol. The summed E-state index contributed by atoms with van der Waals surface area (Å²) in [7, 11) is 2.20. The third-order valence-corrected chi connectivity index (χ3v) is 3.22. The lowest BCUT2D eigenvalue weighted by atomic mass is 10.1. The number of piperazine rings is 1. The zero-order valence-electron chi connectivity index (χ0n) is 10.1.